The zero-order valence-electron chi connectivity index (χ0n) is 11.7. The Kier molecular flexibility index (Phi) is 3.47. The van der Waals surface area contributed by atoms with Crippen molar-refractivity contribution in [3.63, 3.8) is 0 Å². The van der Waals surface area contributed by atoms with Crippen molar-refractivity contribution in [2.24, 2.45) is 0 Å². The first-order valence-electron chi connectivity index (χ1n) is 6.93. The maximum absolute atomic E-state index is 12.7. The number of nitrogens with zero attached hydrogens (tertiary/aromatic N) is 3. The molecule has 0 spiro atoms. The summed E-state index contributed by atoms with van der Waals surface area (Å²) in [5, 5.41) is 4.38. The van der Waals surface area contributed by atoms with Gasteiger partial charge in [-0.05, 0) is 38.9 Å². The lowest BCUT2D eigenvalue weighted by molar-refractivity contribution is 0.0956. The van der Waals surface area contributed by atoms with E-state index in [0.29, 0.717) is 23.4 Å². The topological polar surface area (TPSA) is 64.8 Å². The molecule has 0 radical (unpaired) electrons. The van der Waals surface area contributed by atoms with Gasteiger partial charge in [-0.3, -0.25) is 14.0 Å². The van der Waals surface area contributed by atoms with Crippen molar-refractivity contribution in [3.05, 3.63) is 20.8 Å². The Hall–Kier alpha value is -1.47. The van der Waals surface area contributed by atoms with Crippen molar-refractivity contribution < 1.29 is 4.74 Å². The van der Waals surface area contributed by atoms with Crippen LogP contribution in [0.2, 0.25) is 0 Å². The van der Waals surface area contributed by atoms with E-state index in [1.54, 1.807) is 9.25 Å². The minimum absolute atomic E-state index is 0.0818. The first kappa shape index (κ1) is 13.5. The molecule has 7 heteroatoms. The molecule has 6 nitrogen and oxygen atoms in total. The number of ether oxygens (including phenoxy) is 1. The summed E-state index contributed by atoms with van der Waals surface area (Å²) in [7, 11) is 0. The van der Waals surface area contributed by atoms with E-state index in [1.807, 2.05) is 13.8 Å². The average Bonchev–Trinajstić information content (AvgIpc) is 3.03. The molecular weight excluding hydrogens is 276 g/mol. The SMILES string of the molecule is CCn1nc(C)c2[nH]c(=S)n(C[C@H]3CCCO3)c(=O)c21. The highest BCUT2D eigenvalue weighted by Gasteiger charge is 2.20. The van der Waals surface area contributed by atoms with E-state index < -0.39 is 0 Å². The Balaban J connectivity index is 2.17. The molecule has 2 aromatic rings. The van der Waals surface area contributed by atoms with Gasteiger partial charge in [-0.1, -0.05) is 0 Å². The number of aromatic amines is 1. The highest BCUT2D eigenvalue weighted by atomic mass is 32.1. The maximum Gasteiger partial charge on any atom is 0.280 e. The number of H-pyrrole nitrogens is 1. The van der Waals surface area contributed by atoms with Gasteiger partial charge < -0.3 is 9.72 Å². The van der Waals surface area contributed by atoms with Gasteiger partial charge in [-0.2, -0.15) is 5.10 Å². The summed E-state index contributed by atoms with van der Waals surface area (Å²) >= 11 is 5.32. The molecule has 20 heavy (non-hydrogen) atoms. The zero-order chi connectivity index (χ0) is 14.3. The molecule has 0 amide bonds. The Bertz CT molecular complexity index is 752. The summed E-state index contributed by atoms with van der Waals surface area (Å²) in [6, 6.07) is 0. The predicted molar refractivity (Wildman–Crippen MR) is 78.6 cm³/mol. The second kappa shape index (κ2) is 5.14. The van der Waals surface area contributed by atoms with Crippen molar-refractivity contribution in [2.45, 2.75) is 45.9 Å². The van der Waals surface area contributed by atoms with Gasteiger partial charge in [0.25, 0.3) is 5.56 Å². The fourth-order valence-electron chi connectivity index (χ4n) is 2.73. The van der Waals surface area contributed by atoms with Crippen LogP contribution in [0.15, 0.2) is 4.79 Å². The summed E-state index contributed by atoms with van der Waals surface area (Å²) in [4.78, 5) is 15.8. The number of hydrogen-bond donors (Lipinski definition) is 1. The second-order valence-electron chi connectivity index (χ2n) is 5.11. The average molecular weight is 294 g/mol. The molecule has 0 aromatic carbocycles. The molecule has 3 heterocycles. The summed E-state index contributed by atoms with van der Waals surface area (Å²) in [6.07, 6.45) is 2.11. The highest BCUT2D eigenvalue weighted by Crippen LogP contribution is 2.15. The largest absolute Gasteiger partial charge is 0.376 e. The van der Waals surface area contributed by atoms with Crippen LogP contribution in [0.1, 0.15) is 25.5 Å². The van der Waals surface area contributed by atoms with Crippen LogP contribution in [-0.4, -0.2) is 32.0 Å². The van der Waals surface area contributed by atoms with Gasteiger partial charge in [-0.25, -0.2) is 0 Å². The zero-order valence-corrected chi connectivity index (χ0v) is 12.5. The van der Waals surface area contributed by atoms with E-state index in [-0.39, 0.29) is 11.7 Å². The number of hydrogen-bond acceptors (Lipinski definition) is 4. The van der Waals surface area contributed by atoms with Gasteiger partial charge in [0.1, 0.15) is 0 Å². The van der Waals surface area contributed by atoms with Crippen LogP contribution in [0.5, 0.6) is 0 Å². The van der Waals surface area contributed by atoms with Crippen LogP contribution >= 0.6 is 12.2 Å². The van der Waals surface area contributed by atoms with Gasteiger partial charge in [0.15, 0.2) is 10.3 Å². The van der Waals surface area contributed by atoms with E-state index in [9.17, 15) is 4.79 Å². The fraction of sp³-hybridized carbons (Fsp3) is 0.615. The van der Waals surface area contributed by atoms with Gasteiger partial charge in [0.05, 0.1) is 23.9 Å². The molecule has 0 saturated carbocycles. The standard InChI is InChI=1S/C13H18N4O2S/c1-3-17-11-10(8(2)15-17)14-13(20)16(12(11)18)7-9-5-4-6-19-9/h9H,3-7H2,1-2H3,(H,14,20)/t9-/m1/s1. The van der Waals surface area contributed by atoms with E-state index in [4.69, 9.17) is 17.0 Å². The molecule has 1 aliphatic rings. The normalized spacial score (nSPS) is 19.0. The minimum Gasteiger partial charge on any atom is -0.376 e. The van der Waals surface area contributed by atoms with Crippen LogP contribution in [0.3, 0.4) is 0 Å². The summed E-state index contributed by atoms with van der Waals surface area (Å²) in [5.41, 5.74) is 2.05. The number of rotatable bonds is 3. The molecule has 1 atom stereocenters. The first-order valence-corrected chi connectivity index (χ1v) is 7.34. The highest BCUT2D eigenvalue weighted by molar-refractivity contribution is 7.71. The van der Waals surface area contributed by atoms with Crippen molar-refractivity contribution in [3.8, 4) is 0 Å². The summed E-state index contributed by atoms with van der Waals surface area (Å²) in [6.45, 7) is 5.79. The molecular formula is C13H18N4O2S. The first-order chi connectivity index (χ1) is 9.61. The molecule has 1 saturated heterocycles. The van der Waals surface area contributed by atoms with E-state index >= 15 is 0 Å². The third-order valence-electron chi connectivity index (χ3n) is 3.76. The van der Waals surface area contributed by atoms with Gasteiger partial charge in [0.2, 0.25) is 0 Å². The molecule has 1 aliphatic heterocycles. The second-order valence-corrected chi connectivity index (χ2v) is 5.49. The number of aromatic nitrogens is 4. The lowest BCUT2D eigenvalue weighted by Crippen LogP contribution is -2.29. The number of fused-ring (bicyclic) bond motifs is 1. The summed E-state index contributed by atoms with van der Waals surface area (Å²) in [5.74, 6) is 0. The predicted octanol–water partition coefficient (Wildman–Crippen LogP) is 1.76. The fourth-order valence-corrected chi connectivity index (χ4v) is 2.99. The lowest BCUT2D eigenvalue weighted by atomic mass is 10.2. The van der Waals surface area contributed by atoms with Crippen LogP contribution < -0.4 is 5.56 Å². The summed E-state index contributed by atoms with van der Waals surface area (Å²) < 4.78 is 9.36. The van der Waals surface area contributed by atoms with Crippen LogP contribution in [-0.2, 0) is 17.8 Å². The quantitative estimate of drug-likeness (QED) is 0.876. The monoisotopic (exact) mass is 294 g/mol. The van der Waals surface area contributed by atoms with Gasteiger partial charge in [-0.15, -0.1) is 0 Å². The lowest BCUT2D eigenvalue weighted by Gasteiger charge is -2.12. The van der Waals surface area contributed by atoms with Crippen LogP contribution in [0.25, 0.3) is 11.0 Å². The number of aryl methyl sites for hydroxylation is 2. The van der Waals surface area contributed by atoms with Crippen molar-refractivity contribution in [2.75, 3.05) is 6.61 Å². The van der Waals surface area contributed by atoms with Crippen molar-refractivity contribution in [1.29, 1.82) is 0 Å². The Morgan fingerprint density at radius 2 is 2.35 bits per heavy atom. The molecule has 0 aliphatic carbocycles. The number of nitrogens with one attached hydrogen (secondary N) is 1. The molecule has 1 N–H and O–H groups in total. The maximum atomic E-state index is 12.7. The Morgan fingerprint density at radius 1 is 1.55 bits per heavy atom. The van der Waals surface area contributed by atoms with Crippen LogP contribution in [0, 0.1) is 11.7 Å². The Labute approximate surface area is 121 Å². The molecule has 0 bridgehead atoms. The van der Waals surface area contributed by atoms with Gasteiger partial charge in [0, 0.05) is 13.2 Å². The van der Waals surface area contributed by atoms with Crippen molar-refractivity contribution in [1.82, 2.24) is 19.3 Å². The molecule has 3 rings (SSSR count). The third kappa shape index (κ3) is 2.10. The minimum atomic E-state index is -0.0818. The molecule has 2 aromatic heterocycles. The molecule has 1 fully saturated rings. The molecule has 0 unspecified atom stereocenters. The molecule has 108 valence electrons. The van der Waals surface area contributed by atoms with Crippen molar-refractivity contribution >= 4 is 23.3 Å². The smallest absolute Gasteiger partial charge is 0.280 e. The van der Waals surface area contributed by atoms with Gasteiger partial charge >= 0.3 is 0 Å². The third-order valence-corrected chi connectivity index (χ3v) is 4.08. The van der Waals surface area contributed by atoms with Crippen LogP contribution in [0.4, 0.5) is 0 Å². The van der Waals surface area contributed by atoms with E-state index in [2.05, 4.69) is 10.1 Å². The van der Waals surface area contributed by atoms with E-state index in [1.165, 1.54) is 0 Å². The Morgan fingerprint density at radius 3 is 3.00 bits per heavy atom. The van der Waals surface area contributed by atoms with E-state index in [0.717, 1.165) is 30.7 Å².